The lowest BCUT2D eigenvalue weighted by molar-refractivity contribution is 0.134. The van der Waals surface area contributed by atoms with E-state index in [1.165, 1.54) is 23.5 Å². The second kappa shape index (κ2) is 6.19. The molecule has 0 saturated carbocycles. The Bertz CT molecular complexity index is 1040. The Hall–Kier alpha value is -1.68. The second-order valence-electron chi connectivity index (χ2n) is 5.80. The summed E-state index contributed by atoms with van der Waals surface area (Å²) in [4.78, 5) is 13.4. The lowest BCUT2D eigenvalue weighted by atomic mass is 10.2. The summed E-state index contributed by atoms with van der Waals surface area (Å²) in [6, 6.07) is 3.70. The van der Waals surface area contributed by atoms with E-state index in [1.807, 2.05) is 18.4 Å². The molecule has 2 aliphatic rings. The standard InChI is InChI=1S/C16H13ClN4O3S2/c1-25-15-19-12(17)11-13(20-15)26-16-18-7-5-9-10(24-4-2-3-23-9)6-8(7)21(16)14(11)22/h5-6,14,22H,2-4H2,1H3/t14-/m1/s1. The molecule has 0 fully saturated rings. The van der Waals surface area contributed by atoms with Gasteiger partial charge < -0.3 is 14.6 Å². The number of ether oxygens (including phenoxy) is 2. The fourth-order valence-electron chi connectivity index (χ4n) is 3.04. The van der Waals surface area contributed by atoms with E-state index >= 15 is 0 Å². The molecule has 2 aliphatic heterocycles. The van der Waals surface area contributed by atoms with Crippen LogP contribution in [0.1, 0.15) is 18.2 Å². The zero-order chi connectivity index (χ0) is 17.8. The van der Waals surface area contributed by atoms with Gasteiger partial charge in [-0.2, -0.15) is 0 Å². The number of hydrogen-bond acceptors (Lipinski definition) is 8. The Labute approximate surface area is 162 Å². The van der Waals surface area contributed by atoms with Crippen LogP contribution in [-0.2, 0) is 0 Å². The summed E-state index contributed by atoms with van der Waals surface area (Å²) >= 11 is 9.09. The van der Waals surface area contributed by atoms with Crippen LogP contribution >= 0.6 is 35.1 Å². The van der Waals surface area contributed by atoms with E-state index < -0.39 is 6.23 Å². The number of aliphatic hydroxyl groups excluding tert-OH is 1. The summed E-state index contributed by atoms with van der Waals surface area (Å²) in [7, 11) is 0. The first-order valence-corrected chi connectivity index (χ1v) is 10.4. The van der Waals surface area contributed by atoms with Crippen LogP contribution in [0.3, 0.4) is 0 Å². The molecule has 0 amide bonds. The number of hydrogen-bond donors (Lipinski definition) is 1. The molecule has 1 N–H and O–H groups in total. The molecule has 10 heteroatoms. The quantitative estimate of drug-likeness (QED) is 0.373. The third-order valence-electron chi connectivity index (χ3n) is 4.24. The number of thioether (sulfide) groups is 1. The first-order valence-electron chi connectivity index (χ1n) is 7.94. The number of nitrogens with zero attached hydrogens (tertiary/aromatic N) is 4. The Morgan fingerprint density at radius 2 is 2.00 bits per heavy atom. The maximum absolute atomic E-state index is 11.0. The van der Waals surface area contributed by atoms with E-state index in [0.29, 0.717) is 45.6 Å². The molecule has 1 aromatic carbocycles. The molecular formula is C16H13ClN4O3S2. The zero-order valence-corrected chi connectivity index (χ0v) is 16.0. The number of aromatic nitrogens is 4. The highest BCUT2D eigenvalue weighted by atomic mass is 35.5. The molecule has 0 unspecified atom stereocenters. The average molecular weight is 409 g/mol. The molecule has 0 radical (unpaired) electrons. The summed E-state index contributed by atoms with van der Waals surface area (Å²) in [5, 5.41) is 13.0. The molecule has 0 bridgehead atoms. The molecule has 5 rings (SSSR count). The number of rotatable bonds is 1. The topological polar surface area (TPSA) is 82.3 Å². The highest BCUT2D eigenvalue weighted by Crippen LogP contribution is 2.45. The van der Waals surface area contributed by atoms with Gasteiger partial charge >= 0.3 is 0 Å². The summed E-state index contributed by atoms with van der Waals surface area (Å²) in [5.74, 6) is 1.32. The van der Waals surface area contributed by atoms with Crippen LogP contribution in [0.15, 0.2) is 27.5 Å². The smallest absolute Gasteiger partial charge is 0.189 e. The number of halogens is 1. The minimum Gasteiger partial charge on any atom is -0.489 e. The predicted octanol–water partition coefficient (Wildman–Crippen LogP) is 3.37. The molecule has 26 heavy (non-hydrogen) atoms. The van der Waals surface area contributed by atoms with Crippen molar-refractivity contribution >= 4 is 46.2 Å². The zero-order valence-electron chi connectivity index (χ0n) is 13.6. The van der Waals surface area contributed by atoms with Gasteiger partial charge in [-0.3, -0.25) is 4.57 Å². The molecular weight excluding hydrogens is 396 g/mol. The summed E-state index contributed by atoms with van der Waals surface area (Å²) in [6.45, 7) is 1.20. The molecule has 3 aromatic rings. The number of imidazole rings is 1. The van der Waals surface area contributed by atoms with Crippen LogP contribution in [0.4, 0.5) is 0 Å². The molecule has 4 heterocycles. The van der Waals surface area contributed by atoms with Crippen molar-refractivity contribution in [3.8, 4) is 11.5 Å². The monoisotopic (exact) mass is 408 g/mol. The normalized spacial score (nSPS) is 18.3. The Balaban J connectivity index is 1.70. The SMILES string of the molecule is CSc1nc(Cl)c2c(n1)Sc1nc3cc4c(cc3n1[C@@H]2O)OCCCO4. The number of fused-ring (bicyclic) bond motifs is 5. The first-order chi connectivity index (χ1) is 12.7. The van der Waals surface area contributed by atoms with Crippen molar-refractivity contribution in [2.75, 3.05) is 19.5 Å². The van der Waals surface area contributed by atoms with Gasteiger partial charge in [-0.1, -0.05) is 23.4 Å². The maximum atomic E-state index is 11.0. The Kier molecular flexibility index (Phi) is 3.93. The molecule has 0 spiro atoms. The van der Waals surface area contributed by atoms with Gasteiger partial charge in [0.25, 0.3) is 0 Å². The van der Waals surface area contributed by atoms with Crippen LogP contribution < -0.4 is 9.47 Å². The minimum atomic E-state index is -1.01. The van der Waals surface area contributed by atoms with E-state index in [-0.39, 0.29) is 5.15 Å². The molecule has 0 saturated heterocycles. The first kappa shape index (κ1) is 16.5. The van der Waals surface area contributed by atoms with Gasteiger partial charge in [0.2, 0.25) is 0 Å². The third kappa shape index (κ3) is 2.45. The average Bonchev–Trinajstić information content (AvgIpc) is 2.81. The maximum Gasteiger partial charge on any atom is 0.189 e. The van der Waals surface area contributed by atoms with Crippen molar-refractivity contribution in [2.24, 2.45) is 0 Å². The van der Waals surface area contributed by atoms with Gasteiger partial charge in [-0.15, -0.1) is 0 Å². The van der Waals surface area contributed by atoms with Crippen molar-refractivity contribution < 1.29 is 14.6 Å². The second-order valence-corrected chi connectivity index (χ2v) is 7.89. The number of benzene rings is 1. The molecule has 134 valence electrons. The van der Waals surface area contributed by atoms with Crippen LogP contribution in [0.5, 0.6) is 11.5 Å². The highest BCUT2D eigenvalue weighted by molar-refractivity contribution is 7.99. The lowest BCUT2D eigenvalue weighted by Gasteiger charge is -2.24. The minimum absolute atomic E-state index is 0.251. The number of aliphatic hydroxyl groups is 1. The van der Waals surface area contributed by atoms with E-state index in [4.69, 9.17) is 21.1 Å². The van der Waals surface area contributed by atoms with E-state index in [2.05, 4.69) is 15.0 Å². The summed E-state index contributed by atoms with van der Waals surface area (Å²) in [5.41, 5.74) is 1.96. The predicted molar refractivity (Wildman–Crippen MR) is 98.6 cm³/mol. The van der Waals surface area contributed by atoms with Gasteiger partial charge in [-0.25, -0.2) is 15.0 Å². The van der Waals surface area contributed by atoms with Crippen molar-refractivity contribution in [2.45, 2.75) is 28.0 Å². The molecule has 0 aliphatic carbocycles. The van der Waals surface area contributed by atoms with E-state index in [9.17, 15) is 5.11 Å². The van der Waals surface area contributed by atoms with E-state index in [0.717, 1.165) is 17.5 Å². The van der Waals surface area contributed by atoms with Gasteiger partial charge in [0.05, 0.1) is 29.8 Å². The molecule has 1 atom stereocenters. The van der Waals surface area contributed by atoms with Gasteiger partial charge in [0.15, 0.2) is 28.0 Å². The van der Waals surface area contributed by atoms with Gasteiger partial charge in [0.1, 0.15) is 10.2 Å². The fraction of sp³-hybridized carbons (Fsp3) is 0.312. The van der Waals surface area contributed by atoms with Crippen molar-refractivity contribution in [1.82, 2.24) is 19.5 Å². The fourth-order valence-corrected chi connectivity index (χ4v) is 4.90. The molecule has 7 nitrogen and oxygen atoms in total. The van der Waals surface area contributed by atoms with E-state index in [1.54, 1.807) is 4.57 Å². The summed E-state index contributed by atoms with van der Waals surface area (Å²) < 4.78 is 13.2. The third-order valence-corrected chi connectivity index (χ3v) is 6.05. The summed E-state index contributed by atoms with van der Waals surface area (Å²) in [6.07, 6.45) is 1.69. The lowest BCUT2D eigenvalue weighted by Crippen LogP contribution is -2.18. The molecule has 2 aromatic heterocycles. The largest absolute Gasteiger partial charge is 0.489 e. The Morgan fingerprint density at radius 1 is 1.23 bits per heavy atom. The highest BCUT2D eigenvalue weighted by Gasteiger charge is 2.32. The van der Waals surface area contributed by atoms with Crippen molar-refractivity contribution in [1.29, 1.82) is 0 Å². The van der Waals surface area contributed by atoms with Crippen LogP contribution in [-0.4, -0.2) is 44.1 Å². The van der Waals surface area contributed by atoms with Crippen LogP contribution in [0.25, 0.3) is 11.0 Å². The van der Waals surface area contributed by atoms with Crippen molar-refractivity contribution in [3.63, 3.8) is 0 Å². The Morgan fingerprint density at radius 3 is 2.77 bits per heavy atom. The van der Waals surface area contributed by atoms with Crippen molar-refractivity contribution in [3.05, 3.63) is 22.8 Å². The van der Waals surface area contributed by atoms with Gasteiger partial charge in [0, 0.05) is 18.6 Å². The van der Waals surface area contributed by atoms with Crippen LogP contribution in [0.2, 0.25) is 5.15 Å². The van der Waals surface area contributed by atoms with Gasteiger partial charge in [-0.05, 0) is 18.0 Å². The van der Waals surface area contributed by atoms with Crippen LogP contribution in [0, 0.1) is 0 Å².